The van der Waals surface area contributed by atoms with E-state index >= 15 is 0 Å². The van der Waals surface area contributed by atoms with Gasteiger partial charge in [0, 0.05) is 12.5 Å². The van der Waals surface area contributed by atoms with Crippen molar-refractivity contribution in [1.29, 1.82) is 0 Å². The van der Waals surface area contributed by atoms with E-state index in [-0.39, 0.29) is 6.04 Å². The van der Waals surface area contributed by atoms with E-state index in [1.165, 1.54) is 31.2 Å². The number of Topliss-reactive ketones (excluding diaryl/α,β-unsaturated/α-hetero) is 1. The molecule has 1 aromatic heterocycles. The Bertz CT molecular complexity index is 387. The molecular weight excluding hydrogens is 242 g/mol. The van der Waals surface area contributed by atoms with Crippen molar-refractivity contribution >= 4 is 17.1 Å². The molecule has 0 amide bonds. The van der Waals surface area contributed by atoms with Gasteiger partial charge >= 0.3 is 0 Å². The van der Waals surface area contributed by atoms with E-state index < -0.39 is 0 Å². The smallest absolute Gasteiger partial charge is 0.150 e. The van der Waals surface area contributed by atoms with Gasteiger partial charge in [0.2, 0.25) is 0 Å². The molecule has 1 saturated carbocycles. The Kier molecular flexibility index (Phi) is 3.80. The van der Waals surface area contributed by atoms with Crippen LogP contribution in [0.5, 0.6) is 0 Å². The first-order valence-electron chi connectivity index (χ1n) is 7.13. The molecule has 1 saturated heterocycles. The fraction of sp³-hybridized carbons (Fsp3) is 0.667. The molecule has 2 fully saturated rings. The zero-order valence-electron chi connectivity index (χ0n) is 10.7. The van der Waals surface area contributed by atoms with Crippen molar-refractivity contribution in [1.82, 2.24) is 5.32 Å². The predicted octanol–water partition coefficient (Wildman–Crippen LogP) is 3.17. The Balaban J connectivity index is 1.51. The van der Waals surface area contributed by atoms with Crippen LogP contribution < -0.4 is 5.32 Å². The summed E-state index contributed by atoms with van der Waals surface area (Å²) in [4.78, 5) is 12.2. The fourth-order valence-electron chi connectivity index (χ4n) is 3.44. The Morgan fingerprint density at radius 2 is 2.28 bits per heavy atom. The van der Waals surface area contributed by atoms with Crippen molar-refractivity contribution in [3.05, 3.63) is 22.4 Å². The predicted molar refractivity (Wildman–Crippen MR) is 74.9 cm³/mol. The van der Waals surface area contributed by atoms with E-state index in [2.05, 4.69) is 22.1 Å². The van der Waals surface area contributed by atoms with Crippen molar-refractivity contribution < 1.29 is 4.79 Å². The number of thiophene rings is 1. The molecular formula is C15H21NOS. The lowest BCUT2D eigenvalue weighted by Gasteiger charge is -2.24. The molecule has 98 valence electrons. The molecule has 2 nitrogen and oxygen atoms in total. The second-order valence-corrected chi connectivity index (χ2v) is 6.48. The van der Waals surface area contributed by atoms with Gasteiger partial charge in [0.1, 0.15) is 5.78 Å². The van der Waals surface area contributed by atoms with Gasteiger partial charge in [-0.2, -0.15) is 11.3 Å². The largest absolute Gasteiger partial charge is 0.304 e. The second kappa shape index (κ2) is 5.54. The highest BCUT2D eigenvalue weighted by Gasteiger charge is 2.37. The number of fused-ring (bicyclic) bond motifs is 1. The van der Waals surface area contributed by atoms with Gasteiger partial charge in [0.15, 0.2) is 0 Å². The van der Waals surface area contributed by atoms with Crippen molar-refractivity contribution in [3.63, 3.8) is 0 Å². The average Bonchev–Trinajstić information content (AvgIpc) is 3.04. The Morgan fingerprint density at radius 1 is 1.39 bits per heavy atom. The number of nitrogens with one attached hydrogen (secondary N) is 1. The molecule has 1 aliphatic carbocycles. The topological polar surface area (TPSA) is 29.1 Å². The highest BCUT2D eigenvalue weighted by molar-refractivity contribution is 7.07. The molecule has 2 aliphatic rings. The maximum Gasteiger partial charge on any atom is 0.150 e. The number of rotatable bonds is 4. The van der Waals surface area contributed by atoms with Gasteiger partial charge in [0.25, 0.3) is 0 Å². The summed E-state index contributed by atoms with van der Waals surface area (Å²) in [5.41, 5.74) is 1.31. The van der Waals surface area contributed by atoms with Crippen LogP contribution in [-0.2, 0) is 11.2 Å². The third-order valence-corrected chi connectivity index (χ3v) is 5.22. The van der Waals surface area contributed by atoms with E-state index in [4.69, 9.17) is 0 Å². The van der Waals surface area contributed by atoms with Crippen LogP contribution in [0.4, 0.5) is 0 Å². The van der Waals surface area contributed by atoms with E-state index in [0.717, 1.165) is 18.8 Å². The summed E-state index contributed by atoms with van der Waals surface area (Å²) in [5, 5.41) is 7.81. The summed E-state index contributed by atoms with van der Waals surface area (Å²) in [6.45, 7) is 0. The van der Waals surface area contributed by atoms with Gasteiger partial charge < -0.3 is 5.32 Å². The van der Waals surface area contributed by atoms with E-state index in [1.54, 1.807) is 11.3 Å². The minimum atomic E-state index is 0.150. The highest BCUT2D eigenvalue weighted by Crippen LogP contribution is 2.33. The van der Waals surface area contributed by atoms with Crippen LogP contribution in [0.2, 0.25) is 0 Å². The molecule has 1 aliphatic heterocycles. The maximum absolute atomic E-state index is 12.2. The van der Waals surface area contributed by atoms with Gasteiger partial charge in [-0.25, -0.2) is 0 Å². The first kappa shape index (κ1) is 12.4. The van der Waals surface area contributed by atoms with Crippen LogP contribution in [-0.4, -0.2) is 17.9 Å². The highest BCUT2D eigenvalue weighted by atomic mass is 32.1. The molecule has 2 heterocycles. The number of hydrogen-bond donors (Lipinski definition) is 1. The van der Waals surface area contributed by atoms with E-state index in [0.29, 0.717) is 18.2 Å². The van der Waals surface area contributed by atoms with Crippen LogP contribution in [0.15, 0.2) is 16.8 Å². The lowest BCUT2D eigenvalue weighted by Crippen LogP contribution is -2.37. The van der Waals surface area contributed by atoms with Crippen LogP contribution in [0.25, 0.3) is 0 Å². The van der Waals surface area contributed by atoms with Gasteiger partial charge in [-0.3, -0.25) is 4.79 Å². The molecule has 3 rings (SSSR count). The first-order valence-corrected chi connectivity index (χ1v) is 8.07. The van der Waals surface area contributed by atoms with Crippen molar-refractivity contribution in [2.24, 2.45) is 5.92 Å². The number of carbonyl (C=O) groups excluding carboxylic acids is 1. The van der Waals surface area contributed by atoms with Crippen LogP contribution in [0, 0.1) is 5.92 Å². The van der Waals surface area contributed by atoms with Gasteiger partial charge in [-0.1, -0.05) is 12.8 Å². The number of aryl methyl sites for hydroxylation is 1. The Labute approximate surface area is 113 Å². The summed E-state index contributed by atoms with van der Waals surface area (Å²) in [6, 6.07) is 2.91. The minimum absolute atomic E-state index is 0.150. The van der Waals surface area contributed by atoms with Gasteiger partial charge in [-0.05, 0) is 54.0 Å². The summed E-state index contributed by atoms with van der Waals surface area (Å²) in [5.74, 6) is 1.20. The van der Waals surface area contributed by atoms with Crippen LogP contribution >= 0.6 is 11.3 Å². The van der Waals surface area contributed by atoms with E-state index in [1.807, 2.05) is 0 Å². The van der Waals surface area contributed by atoms with Crippen molar-refractivity contribution in [2.75, 3.05) is 0 Å². The average molecular weight is 263 g/mol. The van der Waals surface area contributed by atoms with Gasteiger partial charge in [-0.15, -0.1) is 0 Å². The summed E-state index contributed by atoms with van der Waals surface area (Å²) >= 11 is 1.71. The second-order valence-electron chi connectivity index (χ2n) is 5.70. The van der Waals surface area contributed by atoms with Crippen molar-refractivity contribution in [3.8, 4) is 0 Å². The lowest BCUT2D eigenvalue weighted by atomic mass is 9.84. The summed E-state index contributed by atoms with van der Waals surface area (Å²) in [7, 11) is 0. The summed E-state index contributed by atoms with van der Waals surface area (Å²) < 4.78 is 0. The van der Waals surface area contributed by atoms with Crippen LogP contribution in [0.3, 0.4) is 0 Å². The molecule has 3 unspecified atom stereocenters. The number of carbonyl (C=O) groups is 1. The normalized spacial score (nSPS) is 31.2. The van der Waals surface area contributed by atoms with E-state index in [9.17, 15) is 4.79 Å². The lowest BCUT2D eigenvalue weighted by molar-refractivity contribution is -0.120. The quantitative estimate of drug-likeness (QED) is 0.904. The molecule has 0 aromatic carbocycles. The molecule has 0 spiro atoms. The van der Waals surface area contributed by atoms with Crippen molar-refractivity contribution in [2.45, 2.75) is 57.0 Å². The SMILES string of the molecule is O=C(CCc1ccsc1)C1CC2CCCCC2N1. The standard InChI is InChI=1S/C15H21NOS/c17-15(6-5-11-7-8-18-10-11)14-9-12-3-1-2-4-13(12)16-14/h7-8,10,12-14,16H,1-6,9H2. The molecule has 18 heavy (non-hydrogen) atoms. The van der Waals surface area contributed by atoms with Crippen LogP contribution in [0.1, 0.15) is 44.1 Å². The zero-order chi connectivity index (χ0) is 12.4. The fourth-order valence-corrected chi connectivity index (χ4v) is 4.14. The molecule has 1 N–H and O–H groups in total. The number of hydrogen-bond acceptors (Lipinski definition) is 3. The summed E-state index contributed by atoms with van der Waals surface area (Å²) in [6.07, 6.45) is 8.00. The zero-order valence-corrected chi connectivity index (χ0v) is 11.5. The Morgan fingerprint density at radius 3 is 3.06 bits per heavy atom. The third kappa shape index (κ3) is 2.67. The molecule has 0 bridgehead atoms. The molecule has 3 atom stereocenters. The molecule has 3 heteroatoms. The Hall–Kier alpha value is -0.670. The first-order chi connectivity index (χ1) is 8.83. The monoisotopic (exact) mass is 263 g/mol. The maximum atomic E-state index is 12.2. The third-order valence-electron chi connectivity index (χ3n) is 4.49. The minimum Gasteiger partial charge on any atom is -0.304 e. The molecule has 0 radical (unpaired) electrons. The van der Waals surface area contributed by atoms with Gasteiger partial charge in [0.05, 0.1) is 6.04 Å². The number of ketones is 1. The molecule has 1 aromatic rings.